The van der Waals surface area contributed by atoms with Crippen molar-refractivity contribution in [3.8, 4) is 11.5 Å². The van der Waals surface area contributed by atoms with Crippen LogP contribution in [0.4, 0.5) is 5.82 Å². The van der Waals surface area contributed by atoms with Crippen molar-refractivity contribution in [2.45, 2.75) is 45.8 Å². The number of aromatic nitrogens is 1. The maximum Gasteiger partial charge on any atom is 0.244 e. The van der Waals surface area contributed by atoms with Gasteiger partial charge in [0.25, 0.3) is 0 Å². The van der Waals surface area contributed by atoms with E-state index in [1.807, 2.05) is 31.3 Å². The number of amides is 1. The fraction of sp³-hybridized carbons (Fsp3) is 0.417. The first kappa shape index (κ1) is 20.3. The molecule has 4 rings (SSSR count). The molecule has 6 nitrogen and oxygen atoms in total. The summed E-state index contributed by atoms with van der Waals surface area (Å²) in [6, 6.07) is 7.98. The molecule has 2 aromatic rings. The van der Waals surface area contributed by atoms with Gasteiger partial charge in [-0.3, -0.25) is 4.79 Å². The number of nitrogens with one attached hydrogen (secondary N) is 1. The molecular formula is C24H29N3O3. The SMILES string of the molecule is CCOc1cc2c(cc1/C=C/C(=O)NCc1ccnc(N3CCCC3)c1)OC(C)C2. The molecular weight excluding hydrogens is 378 g/mol. The van der Waals surface area contributed by atoms with Crippen LogP contribution in [0.15, 0.2) is 36.5 Å². The first-order chi connectivity index (χ1) is 14.6. The maximum atomic E-state index is 12.4. The van der Waals surface area contributed by atoms with Crippen LogP contribution in [0.5, 0.6) is 11.5 Å². The molecule has 1 aromatic carbocycles. The monoisotopic (exact) mass is 407 g/mol. The van der Waals surface area contributed by atoms with Gasteiger partial charge < -0.3 is 19.7 Å². The Kier molecular flexibility index (Phi) is 6.21. The van der Waals surface area contributed by atoms with E-state index in [9.17, 15) is 4.79 Å². The van der Waals surface area contributed by atoms with Crippen molar-refractivity contribution in [2.24, 2.45) is 0 Å². The van der Waals surface area contributed by atoms with Crippen molar-refractivity contribution in [1.82, 2.24) is 10.3 Å². The molecule has 1 aromatic heterocycles. The van der Waals surface area contributed by atoms with Crippen molar-refractivity contribution in [2.75, 3.05) is 24.6 Å². The Bertz CT molecular complexity index is 935. The number of ether oxygens (including phenoxy) is 2. The molecule has 0 spiro atoms. The van der Waals surface area contributed by atoms with Crippen molar-refractivity contribution in [3.63, 3.8) is 0 Å². The third kappa shape index (κ3) is 4.75. The summed E-state index contributed by atoms with van der Waals surface area (Å²) < 4.78 is 11.6. The second-order valence-electron chi connectivity index (χ2n) is 7.83. The predicted octanol–water partition coefficient (Wildman–Crippen LogP) is 3.73. The van der Waals surface area contributed by atoms with Crippen LogP contribution in [0.25, 0.3) is 6.08 Å². The molecule has 0 saturated carbocycles. The average molecular weight is 408 g/mol. The number of fused-ring (bicyclic) bond motifs is 1. The summed E-state index contributed by atoms with van der Waals surface area (Å²) in [5.74, 6) is 2.50. The van der Waals surface area contributed by atoms with E-state index >= 15 is 0 Å². The molecule has 1 unspecified atom stereocenters. The molecule has 1 N–H and O–H groups in total. The van der Waals surface area contributed by atoms with Gasteiger partial charge in [0.15, 0.2) is 0 Å². The Morgan fingerprint density at radius 1 is 1.33 bits per heavy atom. The highest BCUT2D eigenvalue weighted by molar-refractivity contribution is 5.92. The third-order valence-corrected chi connectivity index (χ3v) is 5.45. The molecule has 0 bridgehead atoms. The summed E-state index contributed by atoms with van der Waals surface area (Å²) in [7, 11) is 0. The number of hydrogen-bond donors (Lipinski definition) is 1. The van der Waals surface area contributed by atoms with Gasteiger partial charge in [0.05, 0.1) is 6.61 Å². The number of pyridine rings is 1. The number of nitrogens with zero attached hydrogens (tertiary/aromatic N) is 2. The molecule has 2 aliphatic heterocycles. The van der Waals surface area contributed by atoms with Gasteiger partial charge in [-0.25, -0.2) is 4.98 Å². The van der Waals surface area contributed by atoms with Gasteiger partial charge in [-0.05, 0) is 62.6 Å². The minimum Gasteiger partial charge on any atom is -0.493 e. The fourth-order valence-electron chi connectivity index (χ4n) is 3.97. The van der Waals surface area contributed by atoms with E-state index in [4.69, 9.17) is 9.47 Å². The molecule has 2 aliphatic rings. The van der Waals surface area contributed by atoms with Crippen LogP contribution in [-0.2, 0) is 17.8 Å². The summed E-state index contributed by atoms with van der Waals surface area (Å²) in [6.07, 6.45) is 8.62. The number of carbonyl (C=O) groups excluding carboxylic acids is 1. The second kappa shape index (κ2) is 9.20. The maximum absolute atomic E-state index is 12.4. The van der Waals surface area contributed by atoms with Crippen LogP contribution in [0.2, 0.25) is 0 Å². The lowest BCUT2D eigenvalue weighted by Crippen LogP contribution is -2.22. The van der Waals surface area contributed by atoms with Gasteiger partial charge in [0, 0.05) is 49.5 Å². The quantitative estimate of drug-likeness (QED) is 0.709. The topological polar surface area (TPSA) is 63.7 Å². The van der Waals surface area contributed by atoms with Gasteiger partial charge in [0.2, 0.25) is 5.91 Å². The minimum atomic E-state index is -0.147. The van der Waals surface area contributed by atoms with E-state index in [1.165, 1.54) is 12.8 Å². The van der Waals surface area contributed by atoms with E-state index < -0.39 is 0 Å². The largest absolute Gasteiger partial charge is 0.493 e. The molecule has 1 saturated heterocycles. The molecule has 1 amide bonds. The van der Waals surface area contributed by atoms with E-state index in [0.29, 0.717) is 13.2 Å². The molecule has 6 heteroatoms. The number of anilines is 1. The van der Waals surface area contributed by atoms with E-state index in [1.54, 1.807) is 12.2 Å². The van der Waals surface area contributed by atoms with Crippen molar-refractivity contribution >= 4 is 17.8 Å². The Balaban J connectivity index is 1.39. The van der Waals surface area contributed by atoms with Crippen LogP contribution in [0.3, 0.4) is 0 Å². The lowest BCUT2D eigenvalue weighted by atomic mass is 10.1. The Morgan fingerprint density at radius 2 is 2.17 bits per heavy atom. The van der Waals surface area contributed by atoms with Gasteiger partial charge >= 0.3 is 0 Å². The highest BCUT2D eigenvalue weighted by Gasteiger charge is 2.21. The molecule has 158 valence electrons. The summed E-state index contributed by atoms with van der Waals surface area (Å²) in [5, 5.41) is 2.95. The van der Waals surface area contributed by atoms with Crippen LogP contribution < -0.4 is 19.7 Å². The highest BCUT2D eigenvalue weighted by Crippen LogP contribution is 2.35. The fourth-order valence-corrected chi connectivity index (χ4v) is 3.97. The summed E-state index contributed by atoms with van der Waals surface area (Å²) in [6.45, 7) is 7.16. The second-order valence-corrected chi connectivity index (χ2v) is 7.83. The Labute approximate surface area is 177 Å². The zero-order chi connectivity index (χ0) is 20.9. The number of benzene rings is 1. The van der Waals surface area contributed by atoms with Gasteiger partial charge in [0.1, 0.15) is 23.4 Å². The molecule has 0 aliphatic carbocycles. The average Bonchev–Trinajstić information content (AvgIpc) is 3.40. The highest BCUT2D eigenvalue weighted by atomic mass is 16.5. The van der Waals surface area contributed by atoms with Crippen molar-refractivity contribution in [3.05, 3.63) is 53.2 Å². The zero-order valence-corrected chi connectivity index (χ0v) is 17.7. The molecule has 1 atom stereocenters. The first-order valence-electron chi connectivity index (χ1n) is 10.7. The molecule has 3 heterocycles. The predicted molar refractivity (Wildman–Crippen MR) is 118 cm³/mol. The number of rotatable bonds is 7. The Hall–Kier alpha value is -3.02. The smallest absolute Gasteiger partial charge is 0.244 e. The molecule has 0 radical (unpaired) electrons. The molecule has 30 heavy (non-hydrogen) atoms. The lowest BCUT2D eigenvalue weighted by Gasteiger charge is -2.16. The Morgan fingerprint density at radius 3 is 2.97 bits per heavy atom. The summed E-state index contributed by atoms with van der Waals surface area (Å²) in [4.78, 5) is 19.1. The standard InChI is InChI=1S/C24H29N3O3/c1-3-29-21-15-20-12-17(2)30-22(20)14-19(21)6-7-24(28)26-16-18-8-9-25-23(13-18)27-10-4-5-11-27/h6-9,13-15,17H,3-5,10-12,16H2,1-2H3,(H,26,28)/b7-6+. The lowest BCUT2D eigenvalue weighted by molar-refractivity contribution is -0.116. The summed E-state index contributed by atoms with van der Waals surface area (Å²) >= 11 is 0. The zero-order valence-electron chi connectivity index (χ0n) is 17.7. The summed E-state index contributed by atoms with van der Waals surface area (Å²) in [5.41, 5.74) is 3.04. The molecule has 1 fully saturated rings. The third-order valence-electron chi connectivity index (χ3n) is 5.45. The van der Waals surface area contributed by atoms with E-state index in [2.05, 4.69) is 28.2 Å². The van der Waals surface area contributed by atoms with Crippen LogP contribution in [0.1, 0.15) is 43.4 Å². The minimum absolute atomic E-state index is 0.147. The number of carbonyl (C=O) groups is 1. The van der Waals surface area contributed by atoms with Crippen molar-refractivity contribution in [1.29, 1.82) is 0 Å². The van der Waals surface area contributed by atoms with E-state index in [-0.39, 0.29) is 12.0 Å². The van der Waals surface area contributed by atoms with Crippen LogP contribution in [0, 0.1) is 0 Å². The van der Waals surface area contributed by atoms with Gasteiger partial charge in [-0.2, -0.15) is 0 Å². The van der Waals surface area contributed by atoms with Gasteiger partial charge in [-0.1, -0.05) is 0 Å². The van der Waals surface area contributed by atoms with Crippen molar-refractivity contribution < 1.29 is 14.3 Å². The normalized spacial score (nSPS) is 17.8. The number of hydrogen-bond acceptors (Lipinski definition) is 5. The van der Waals surface area contributed by atoms with Gasteiger partial charge in [-0.15, -0.1) is 0 Å². The van der Waals surface area contributed by atoms with Crippen LogP contribution in [-0.4, -0.2) is 36.7 Å². The first-order valence-corrected chi connectivity index (χ1v) is 10.7. The van der Waals surface area contributed by atoms with E-state index in [0.717, 1.165) is 53.5 Å². The van der Waals surface area contributed by atoms with Crippen LogP contribution >= 0.6 is 0 Å².